The van der Waals surface area contributed by atoms with Crippen LogP contribution in [0.15, 0.2) is 30.5 Å². The highest BCUT2D eigenvalue weighted by Crippen LogP contribution is 2.22. The summed E-state index contributed by atoms with van der Waals surface area (Å²) in [5, 5.41) is 1.77. The summed E-state index contributed by atoms with van der Waals surface area (Å²) in [4.78, 5) is 4.21. The minimum absolute atomic E-state index is 0.761. The van der Waals surface area contributed by atoms with Gasteiger partial charge in [0.15, 0.2) is 0 Å². The quantitative estimate of drug-likeness (QED) is 0.677. The maximum Gasteiger partial charge on any atom is 0.0727 e. The lowest BCUT2D eigenvalue weighted by Gasteiger charge is -1.98. The van der Waals surface area contributed by atoms with Gasteiger partial charge in [0.2, 0.25) is 0 Å². The third-order valence-electron chi connectivity index (χ3n) is 1.65. The fourth-order valence-electron chi connectivity index (χ4n) is 1.09. The Kier molecular flexibility index (Phi) is 2.19. The van der Waals surface area contributed by atoms with Crippen LogP contribution in [-0.4, -0.2) is 4.98 Å². The molecule has 1 heterocycles. The lowest BCUT2D eigenvalue weighted by atomic mass is 10.2. The molecule has 0 aliphatic rings. The molecule has 0 N–H and O–H groups in total. The third kappa shape index (κ3) is 1.41. The topological polar surface area (TPSA) is 12.9 Å². The summed E-state index contributed by atoms with van der Waals surface area (Å²) in [7, 11) is 0. The maximum atomic E-state index is 5.97. The molecule has 0 amide bonds. The maximum absolute atomic E-state index is 5.97. The first-order chi connectivity index (χ1) is 5.77. The monoisotopic (exact) mass is 289 g/mol. The summed E-state index contributed by atoms with van der Waals surface area (Å²) in [5.74, 6) is 0. The highest BCUT2D eigenvalue weighted by Gasteiger charge is 1.98. The number of nitrogens with zero attached hydrogens (tertiary/aromatic N) is 1. The lowest BCUT2D eigenvalue weighted by molar-refractivity contribution is 1.41. The van der Waals surface area contributed by atoms with E-state index in [-0.39, 0.29) is 0 Å². The van der Waals surface area contributed by atoms with E-state index in [1.54, 1.807) is 12.3 Å². The molecule has 0 atom stereocenters. The minimum atomic E-state index is 0.761. The number of aromatic nitrogens is 1. The van der Waals surface area contributed by atoms with E-state index < -0.39 is 0 Å². The van der Waals surface area contributed by atoms with Crippen LogP contribution in [-0.2, 0) is 0 Å². The molecule has 1 nitrogen and oxygen atoms in total. The summed E-state index contributed by atoms with van der Waals surface area (Å²) < 4.78 is 1.18. The highest BCUT2D eigenvalue weighted by atomic mass is 127. The van der Waals surface area contributed by atoms with Crippen molar-refractivity contribution in [1.29, 1.82) is 0 Å². The van der Waals surface area contributed by atoms with E-state index in [9.17, 15) is 0 Å². The summed E-state index contributed by atoms with van der Waals surface area (Å²) in [6.07, 6.45) is 1.72. The van der Waals surface area contributed by atoms with Crippen molar-refractivity contribution in [3.63, 3.8) is 0 Å². The Labute approximate surface area is 88.9 Å². The van der Waals surface area contributed by atoms with Crippen molar-refractivity contribution in [3.05, 3.63) is 39.1 Å². The molecule has 1 aromatic carbocycles. The zero-order chi connectivity index (χ0) is 8.55. The second-order valence-corrected chi connectivity index (χ2v) is 4.11. The number of benzene rings is 1. The number of pyridine rings is 1. The molecule has 0 fully saturated rings. The Morgan fingerprint density at radius 3 is 2.92 bits per heavy atom. The van der Waals surface area contributed by atoms with Gasteiger partial charge in [-0.3, -0.25) is 4.98 Å². The summed E-state index contributed by atoms with van der Waals surface area (Å²) in [6.45, 7) is 0. The van der Waals surface area contributed by atoms with Crippen LogP contribution >= 0.6 is 34.2 Å². The van der Waals surface area contributed by atoms with Gasteiger partial charge in [0, 0.05) is 15.2 Å². The van der Waals surface area contributed by atoms with Gasteiger partial charge in [0.1, 0.15) is 0 Å². The van der Waals surface area contributed by atoms with E-state index in [4.69, 9.17) is 11.6 Å². The summed E-state index contributed by atoms with van der Waals surface area (Å²) >= 11 is 8.22. The van der Waals surface area contributed by atoms with Crippen molar-refractivity contribution in [2.24, 2.45) is 0 Å². The van der Waals surface area contributed by atoms with Gasteiger partial charge in [0.25, 0.3) is 0 Å². The number of rotatable bonds is 0. The zero-order valence-corrected chi connectivity index (χ0v) is 9.00. The molecule has 3 heteroatoms. The van der Waals surface area contributed by atoms with E-state index in [2.05, 4.69) is 27.6 Å². The van der Waals surface area contributed by atoms with Gasteiger partial charge in [-0.1, -0.05) is 17.7 Å². The Hall–Kier alpha value is -0.350. The van der Waals surface area contributed by atoms with Gasteiger partial charge in [0.05, 0.1) is 10.5 Å². The van der Waals surface area contributed by atoms with Crippen LogP contribution in [0.4, 0.5) is 0 Å². The Morgan fingerprint density at radius 2 is 2.08 bits per heavy atom. The van der Waals surface area contributed by atoms with Crippen molar-refractivity contribution >= 4 is 45.1 Å². The first kappa shape index (κ1) is 8.26. The fraction of sp³-hybridized carbons (Fsp3) is 0. The Bertz CT molecular complexity index is 428. The van der Waals surface area contributed by atoms with Crippen LogP contribution in [0.5, 0.6) is 0 Å². The van der Waals surface area contributed by atoms with Gasteiger partial charge in [-0.2, -0.15) is 0 Å². The molecule has 0 saturated carbocycles. The third-order valence-corrected chi connectivity index (χ3v) is 2.65. The molecule has 1 aromatic heterocycles. The van der Waals surface area contributed by atoms with Crippen molar-refractivity contribution in [1.82, 2.24) is 4.98 Å². The lowest BCUT2D eigenvalue weighted by Crippen LogP contribution is -1.79. The Balaban J connectivity index is 2.86. The molecular weight excluding hydrogens is 284 g/mol. The number of hydrogen-bond acceptors (Lipinski definition) is 1. The standard InChI is InChI=1S/C9H5ClIN/c10-8-3-4-12-9-5-6(11)1-2-7(8)9/h1-5H. The van der Waals surface area contributed by atoms with E-state index >= 15 is 0 Å². The zero-order valence-electron chi connectivity index (χ0n) is 6.09. The van der Waals surface area contributed by atoms with Crippen molar-refractivity contribution in [3.8, 4) is 0 Å². The highest BCUT2D eigenvalue weighted by molar-refractivity contribution is 14.1. The second-order valence-electron chi connectivity index (χ2n) is 2.45. The number of fused-ring (bicyclic) bond motifs is 1. The van der Waals surface area contributed by atoms with Gasteiger partial charge in [-0.05, 0) is 40.8 Å². The van der Waals surface area contributed by atoms with Gasteiger partial charge in [-0.25, -0.2) is 0 Å². The molecule has 0 saturated heterocycles. The molecule has 0 aliphatic heterocycles. The molecule has 0 radical (unpaired) electrons. The van der Waals surface area contributed by atoms with Crippen LogP contribution in [0, 0.1) is 3.57 Å². The largest absolute Gasteiger partial charge is 0.256 e. The van der Waals surface area contributed by atoms with Gasteiger partial charge in [-0.15, -0.1) is 0 Å². The normalized spacial score (nSPS) is 10.5. The van der Waals surface area contributed by atoms with E-state index in [0.717, 1.165) is 15.9 Å². The second kappa shape index (κ2) is 3.18. The molecule has 0 aliphatic carbocycles. The van der Waals surface area contributed by atoms with E-state index in [0.29, 0.717) is 0 Å². The van der Waals surface area contributed by atoms with Crippen molar-refractivity contribution in [2.75, 3.05) is 0 Å². The van der Waals surface area contributed by atoms with E-state index in [1.165, 1.54) is 3.57 Å². The molecule has 60 valence electrons. The number of hydrogen-bond donors (Lipinski definition) is 0. The molecule has 0 unspecified atom stereocenters. The van der Waals surface area contributed by atoms with Gasteiger partial charge >= 0.3 is 0 Å². The Morgan fingerprint density at radius 1 is 1.25 bits per heavy atom. The minimum Gasteiger partial charge on any atom is -0.256 e. The van der Waals surface area contributed by atoms with E-state index in [1.807, 2.05) is 18.2 Å². The van der Waals surface area contributed by atoms with Crippen LogP contribution in [0.25, 0.3) is 10.9 Å². The molecule has 2 rings (SSSR count). The van der Waals surface area contributed by atoms with Crippen LogP contribution in [0.1, 0.15) is 0 Å². The van der Waals surface area contributed by atoms with Gasteiger partial charge < -0.3 is 0 Å². The van der Waals surface area contributed by atoms with Crippen molar-refractivity contribution < 1.29 is 0 Å². The molecule has 12 heavy (non-hydrogen) atoms. The predicted molar refractivity (Wildman–Crippen MR) is 59.5 cm³/mol. The summed E-state index contributed by atoms with van der Waals surface area (Å²) in [5.41, 5.74) is 0.953. The first-order valence-corrected chi connectivity index (χ1v) is 4.93. The molecular formula is C9H5ClIN. The van der Waals surface area contributed by atoms with Crippen LogP contribution in [0.3, 0.4) is 0 Å². The van der Waals surface area contributed by atoms with Crippen LogP contribution in [0.2, 0.25) is 5.02 Å². The number of halogens is 2. The SMILES string of the molecule is Clc1ccnc2cc(I)ccc12. The average Bonchev–Trinajstić information content (AvgIpc) is 2.04. The summed E-state index contributed by atoms with van der Waals surface area (Å²) in [6, 6.07) is 7.83. The smallest absolute Gasteiger partial charge is 0.0727 e. The fourth-order valence-corrected chi connectivity index (χ4v) is 1.78. The first-order valence-electron chi connectivity index (χ1n) is 3.47. The molecule has 2 aromatic rings. The molecule has 0 bridgehead atoms. The molecule has 0 spiro atoms. The average molecular weight is 290 g/mol. The van der Waals surface area contributed by atoms with Crippen LogP contribution < -0.4 is 0 Å². The predicted octanol–water partition coefficient (Wildman–Crippen LogP) is 3.49. The van der Waals surface area contributed by atoms with Crippen molar-refractivity contribution in [2.45, 2.75) is 0 Å².